The van der Waals surface area contributed by atoms with E-state index < -0.39 is 8.32 Å². The lowest BCUT2D eigenvalue weighted by Gasteiger charge is -2.44. The molecule has 0 unspecified atom stereocenters. The lowest BCUT2D eigenvalue weighted by atomic mass is 9.97. The Kier molecular flexibility index (Phi) is 5.49. The summed E-state index contributed by atoms with van der Waals surface area (Å²) in [7, 11) is -1.86. The van der Waals surface area contributed by atoms with Gasteiger partial charge in [-0.05, 0) is 63.0 Å². The van der Waals surface area contributed by atoms with E-state index in [0.29, 0.717) is 0 Å². The van der Waals surface area contributed by atoms with Crippen LogP contribution in [0.4, 0.5) is 4.39 Å². The summed E-state index contributed by atoms with van der Waals surface area (Å²) in [4.78, 5) is 4.95. The maximum Gasteiger partial charge on any atom is 0.192 e. The van der Waals surface area contributed by atoms with Gasteiger partial charge < -0.3 is 4.43 Å². The maximum atomic E-state index is 13.3. The van der Waals surface area contributed by atoms with Gasteiger partial charge >= 0.3 is 0 Å². The minimum Gasteiger partial charge on any atom is -0.410 e. The van der Waals surface area contributed by atoms with Gasteiger partial charge in [-0.25, -0.2) is 4.39 Å². The number of hydrogen-bond acceptors (Lipinski definition) is 2. The molecule has 2 rings (SSSR count). The zero-order chi connectivity index (χ0) is 18.3. The second-order valence-corrected chi connectivity index (χ2v) is 14.3. The molecule has 0 spiro atoms. The summed E-state index contributed by atoms with van der Waals surface area (Å²) < 4.78 is 20.7. The van der Waals surface area contributed by atoms with E-state index in [9.17, 15) is 4.39 Å². The summed E-state index contributed by atoms with van der Waals surface area (Å²) in [5.74, 6) is -0.234. The molecule has 1 atom stereocenters. The van der Waals surface area contributed by atoms with Crippen LogP contribution >= 0.6 is 15.9 Å². The zero-order valence-corrected chi connectivity index (χ0v) is 18.4. The highest BCUT2D eigenvalue weighted by Crippen LogP contribution is 2.41. The highest BCUT2D eigenvalue weighted by atomic mass is 79.9. The summed E-state index contributed by atoms with van der Waals surface area (Å²) in [5, 5.41) is 0.176. The highest BCUT2D eigenvalue weighted by molar-refractivity contribution is 9.10. The van der Waals surface area contributed by atoms with Gasteiger partial charge in [-0.3, -0.25) is 4.99 Å². The molecule has 0 bridgehead atoms. The second-order valence-electron chi connectivity index (χ2n) is 8.72. The molecule has 0 radical (unpaired) electrons. The average molecular weight is 414 g/mol. The molecule has 0 amide bonds. The molecular formula is C19H29BrFNOSi. The first-order chi connectivity index (χ1) is 10.8. The minimum absolute atomic E-state index is 0.138. The molecule has 1 aromatic rings. The highest BCUT2D eigenvalue weighted by Gasteiger charge is 2.44. The van der Waals surface area contributed by atoms with Crippen LogP contribution < -0.4 is 0 Å². The Morgan fingerprint density at radius 3 is 2.38 bits per heavy atom. The van der Waals surface area contributed by atoms with Crippen LogP contribution in [0.15, 0.2) is 27.7 Å². The third kappa shape index (κ3) is 4.17. The third-order valence-electron chi connectivity index (χ3n) is 5.34. The average Bonchev–Trinajstić information content (AvgIpc) is 2.86. The lowest BCUT2D eigenvalue weighted by molar-refractivity contribution is 0.0651. The fourth-order valence-electron chi connectivity index (χ4n) is 2.90. The Labute approximate surface area is 155 Å². The molecule has 0 saturated heterocycles. The molecule has 24 heavy (non-hydrogen) atoms. The molecule has 134 valence electrons. The molecule has 5 heteroatoms. The van der Waals surface area contributed by atoms with E-state index in [-0.39, 0.29) is 22.5 Å². The Morgan fingerprint density at radius 2 is 1.83 bits per heavy atom. The van der Waals surface area contributed by atoms with Gasteiger partial charge in [-0.2, -0.15) is 0 Å². The van der Waals surface area contributed by atoms with Crippen molar-refractivity contribution in [3.63, 3.8) is 0 Å². The summed E-state index contributed by atoms with van der Waals surface area (Å²) in [6.07, 6.45) is 1.87. The molecule has 1 aliphatic heterocycles. The molecule has 0 fully saturated rings. The van der Waals surface area contributed by atoms with Crippen molar-refractivity contribution in [1.29, 1.82) is 0 Å². The van der Waals surface area contributed by atoms with E-state index in [1.54, 1.807) is 0 Å². The zero-order valence-electron chi connectivity index (χ0n) is 15.8. The number of nitrogens with zero attached hydrogens (tertiary/aromatic N) is 1. The van der Waals surface area contributed by atoms with Gasteiger partial charge in [-0.1, -0.05) is 36.7 Å². The molecule has 2 nitrogen and oxygen atoms in total. The Bertz CT molecular complexity index is 649. The Morgan fingerprint density at radius 1 is 1.21 bits per heavy atom. The van der Waals surface area contributed by atoms with Crippen LogP contribution in [0.5, 0.6) is 0 Å². The fourth-order valence-corrected chi connectivity index (χ4v) is 5.24. The first kappa shape index (κ1) is 19.8. The predicted octanol–water partition coefficient (Wildman–Crippen LogP) is 6.34. The van der Waals surface area contributed by atoms with Crippen molar-refractivity contribution in [2.75, 3.05) is 0 Å². The number of benzene rings is 1. The Balaban J connectivity index is 2.23. The first-order valence-corrected chi connectivity index (χ1v) is 12.3. The molecule has 0 saturated carbocycles. The van der Waals surface area contributed by atoms with Gasteiger partial charge in [0, 0.05) is 15.7 Å². The maximum absolute atomic E-state index is 13.3. The minimum atomic E-state index is -1.86. The van der Waals surface area contributed by atoms with Crippen LogP contribution in [-0.2, 0) is 4.43 Å². The smallest absolute Gasteiger partial charge is 0.192 e. The SMILES string of the molecule is CC(C)(O[Si](C)(C)C(C)(C)C)[C@H]1CCC(c2ccc(F)cc2Br)=N1. The quantitative estimate of drug-likeness (QED) is 0.527. The van der Waals surface area contributed by atoms with Gasteiger partial charge in [-0.15, -0.1) is 0 Å². The van der Waals surface area contributed by atoms with Crippen LogP contribution in [0.1, 0.15) is 53.0 Å². The van der Waals surface area contributed by atoms with Gasteiger partial charge in [0.2, 0.25) is 0 Å². The Hall–Kier alpha value is -0.523. The summed E-state index contributed by atoms with van der Waals surface area (Å²) in [6.45, 7) is 15.7. The first-order valence-electron chi connectivity index (χ1n) is 8.56. The molecule has 1 heterocycles. The van der Waals surface area contributed by atoms with Crippen molar-refractivity contribution in [2.45, 2.75) is 77.2 Å². The molecule has 1 aliphatic rings. The van der Waals surface area contributed by atoms with Crippen molar-refractivity contribution in [2.24, 2.45) is 4.99 Å². The van der Waals surface area contributed by atoms with E-state index in [2.05, 4.69) is 63.6 Å². The van der Waals surface area contributed by atoms with Crippen molar-refractivity contribution < 1.29 is 8.82 Å². The van der Waals surface area contributed by atoms with Crippen LogP contribution in [0.25, 0.3) is 0 Å². The standard InChI is InChI=1S/C19H29BrFNOSi/c1-18(2,3)24(6,7)23-19(4,5)17-11-10-16(22-17)14-9-8-13(21)12-15(14)20/h8-9,12,17H,10-11H2,1-7H3/t17-/m1/s1. The van der Waals surface area contributed by atoms with Gasteiger partial charge in [0.1, 0.15) is 5.82 Å². The molecule has 1 aromatic carbocycles. The topological polar surface area (TPSA) is 21.6 Å². The van der Waals surface area contributed by atoms with Crippen LogP contribution in [0.3, 0.4) is 0 Å². The summed E-state index contributed by atoms with van der Waals surface area (Å²) in [6, 6.07) is 4.94. The fraction of sp³-hybridized carbons (Fsp3) is 0.632. The second kappa shape index (κ2) is 6.65. The number of halogens is 2. The van der Waals surface area contributed by atoms with Gasteiger partial charge in [0.05, 0.1) is 11.6 Å². The monoisotopic (exact) mass is 413 g/mol. The van der Waals surface area contributed by atoms with E-state index >= 15 is 0 Å². The van der Waals surface area contributed by atoms with Crippen molar-refractivity contribution in [3.05, 3.63) is 34.1 Å². The van der Waals surface area contributed by atoms with Gasteiger partial charge in [0.25, 0.3) is 0 Å². The molecule has 0 aliphatic carbocycles. The van der Waals surface area contributed by atoms with Crippen LogP contribution in [0.2, 0.25) is 18.1 Å². The van der Waals surface area contributed by atoms with E-state index in [4.69, 9.17) is 9.42 Å². The van der Waals surface area contributed by atoms with E-state index in [1.807, 2.05) is 6.07 Å². The van der Waals surface area contributed by atoms with Gasteiger partial charge in [0.15, 0.2) is 8.32 Å². The normalized spacial score (nSPS) is 19.5. The number of rotatable bonds is 4. The molecular weight excluding hydrogens is 385 g/mol. The third-order valence-corrected chi connectivity index (χ3v) is 10.6. The van der Waals surface area contributed by atoms with Crippen LogP contribution in [-0.4, -0.2) is 25.7 Å². The van der Waals surface area contributed by atoms with Crippen molar-refractivity contribution >= 4 is 30.0 Å². The lowest BCUT2D eigenvalue weighted by Crippen LogP contribution is -2.51. The molecule has 0 N–H and O–H groups in total. The number of hydrogen-bond donors (Lipinski definition) is 0. The van der Waals surface area contributed by atoms with E-state index in [0.717, 1.165) is 28.6 Å². The van der Waals surface area contributed by atoms with Crippen LogP contribution in [0, 0.1) is 5.82 Å². The van der Waals surface area contributed by atoms with Crippen molar-refractivity contribution in [1.82, 2.24) is 0 Å². The predicted molar refractivity (Wildman–Crippen MR) is 106 cm³/mol. The summed E-state index contributed by atoms with van der Waals surface area (Å²) in [5.41, 5.74) is 1.73. The van der Waals surface area contributed by atoms with Crippen molar-refractivity contribution in [3.8, 4) is 0 Å². The van der Waals surface area contributed by atoms with E-state index in [1.165, 1.54) is 12.1 Å². The largest absolute Gasteiger partial charge is 0.410 e. The summed E-state index contributed by atoms with van der Waals surface area (Å²) >= 11 is 3.46. The molecule has 0 aromatic heterocycles. The number of aliphatic imine (C=N–C) groups is 1.